The van der Waals surface area contributed by atoms with Crippen LogP contribution >= 0.6 is 11.3 Å². The Kier molecular flexibility index (Phi) is 3.49. The molecule has 0 saturated carbocycles. The lowest BCUT2D eigenvalue weighted by Crippen LogP contribution is -2.33. The highest BCUT2D eigenvalue weighted by Crippen LogP contribution is 2.14. The van der Waals surface area contributed by atoms with Crippen molar-refractivity contribution in [3.05, 3.63) is 11.6 Å². The first-order chi connectivity index (χ1) is 5.74. The molecule has 1 aromatic rings. The van der Waals surface area contributed by atoms with E-state index in [1.165, 1.54) is 0 Å². The molecule has 4 heteroatoms. The Morgan fingerprint density at radius 2 is 2.42 bits per heavy atom. The fourth-order valence-electron chi connectivity index (χ4n) is 0.951. The minimum absolute atomic E-state index is 0.330. The summed E-state index contributed by atoms with van der Waals surface area (Å²) in [6.45, 7) is 4.95. The van der Waals surface area contributed by atoms with Crippen molar-refractivity contribution in [3.63, 3.8) is 0 Å². The van der Waals surface area contributed by atoms with Gasteiger partial charge < -0.3 is 11.1 Å². The molecule has 1 heterocycles. The minimum Gasteiger partial charge on any atom is -0.357 e. The maximum atomic E-state index is 5.60. The molecule has 0 aliphatic carbocycles. The molecule has 12 heavy (non-hydrogen) atoms. The molecule has 3 nitrogen and oxygen atoms in total. The molecule has 68 valence electrons. The third-order valence-electron chi connectivity index (χ3n) is 1.80. The van der Waals surface area contributed by atoms with E-state index in [1.54, 1.807) is 17.5 Å². The molecule has 3 N–H and O–H groups in total. The fraction of sp³-hybridized carbons (Fsp3) is 0.625. The molecule has 0 bridgehead atoms. The van der Waals surface area contributed by atoms with Gasteiger partial charge in [-0.3, -0.25) is 0 Å². The summed E-state index contributed by atoms with van der Waals surface area (Å²) in [5.74, 6) is 0.541. The standard InChI is InChI=1S/C8H15N3S/c1-6(2)7(5-9)11-8-10-3-4-12-8/h3-4,6-7H,5,9H2,1-2H3,(H,10,11). The fourth-order valence-corrected chi connectivity index (χ4v) is 1.54. The van der Waals surface area contributed by atoms with Gasteiger partial charge in [0, 0.05) is 24.2 Å². The Balaban J connectivity index is 2.48. The van der Waals surface area contributed by atoms with E-state index < -0.39 is 0 Å². The number of hydrogen-bond acceptors (Lipinski definition) is 4. The van der Waals surface area contributed by atoms with E-state index >= 15 is 0 Å². The SMILES string of the molecule is CC(C)C(CN)Nc1nccs1. The number of aromatic nitrogens is 1. The maximum Gasteiger partial charge on any atom is 0.182 e. The van der Waals surface area contributed by atoms with Crippen molar-refractivity contribution in [1.82, 2.24) is 4.98 Å². The first kappa shape index (κ1) is 9.48. The van der Waals surface area contributed by atoms with Crippen molar-refractivity contribution in [2.24, 2.45) is 11.7 Å². The summed E-state index contributed by atoms with van der Waals surface area (Å²) < 4.78 is 0. The lowest BCUT2D eigenvalue weighted by molar-refractivity contribution is 0.531. The molecule has 1 unspecified atom stereocenters. The van der Waals surface area contributed by atoms with E-state index in [1.807, 2.05) is 5.38 Å². The molecule has 0 radical (unpaired) electrons. The summed E-state index contributed by atoms with van der Waals surface area (Å²) in [4.78, 5) is 4.14. The van der Waals surface area contributed by atoms with Gasteiger partial charge in [0.2, 0.25) is 0 Å². The monoisotopic (exact) mass is 185 g/mol. The van der Waals surface area contributed by atoms with Crippen molar-refractivity contribution < 1.29 is 0 Å². The van der Waals surface area contributed by atoms with Gasteiger partial charge in [-0.25, -0.2) is 4.98 Å². The maximum absolute atomic E-state index is 5.60. The first-order valence-electron chi connectivity index (χ1n) is 4.10. The number of anilines is 1. The van der Waals surface area contributed by atoms with E-state index in [4.69, 9.17) is 5.73 Å². The van der Waals surface area contributed by atoms with Crippen LogP contribution < -0.4 is 11.1 Å². The Morgan fingerprint density at radius 3 is 2.83 bits per heavy atom. The number of thiazole rings is 1. The van der Waals surface area contributed by atoms with E-state index in [2.05, 4.69) is 24.1 Å². The minimum atomic E-state index is 0.330. The topological polar surface area (TPSA) is 50.9 Å². The zero-order valence-electron chi connectivity index (χ0n) is 7.45. The highest BCUT2D eigenvalue weighted by Gasteiger charge is 2.11. The van der Waals surface area contributed by atoms with Gasteiger partial charge in [-0.15, -0.1) is 11.3 Å². The van der Waals surface area contributed by atoms with Gasteiger partial charge in [0.25, 0.3) is 0 Å². The molecule has 0 saturated heterocycles. The second-order valence-electron chi connectivity index (χ2n) is 3.07. The van der Waals surface area contributed by atoms with E-state index in [0.29, 0.717) is 18.5 Å². The van der Waals surface area contributed by atoms with Crippen LogP contribution in [0.3, 0.4) is 0 Å². The molecular weight excluding hydrogens is 170 g/mol. The second-order valence-corrected chi connectivity index (χ2v) is 3.96. The summed E-state index contributed by atoms with van der Waals surface area (Å²) in [5.41, 5.74) is 5.60. The Hall–Kier alpha value is -0.610. The lowest BCUT2D eigenvalue weighted by atomic mass is 10.1. The molecule has 0 aromatic carbocycles. The number of nitrogens with two attached hydrogens (primary N) is 1. The molecule has 0 fully saturated rings. The van der Waals surface area contributed by atoms with Crippen LogP contribution in [0.5, 0.6) is 0 Å². The summed E-state index contributed by atoms with van der Waals surface area (Å²) in [6.07, 6.45) is 1.79. The Bertz CT molecular complexity index is 208. The highest BCUT2D eigenvalue weighted by molar-refractivity contribution is 7.13. The van der Waals surface area contributed by atoms with Gasteiger partial charge in [-0.1, -0.05) is 13.8 Å². The van der Waals surface area contributed by atoms with Crippen molar-refractivity contribution in [2.75, 3.05) is 11.9 Å². The summed E-state index contributed by atoms with van der Waals surface area (Å²) >= 11 is 1.61. The van der Waals surface area contributed by atoms with E-state index in [9.17, 15) is 0 Å². The average Bonchev–Trinajstić information content (AvgIpc) is 2.51. The lowest BCUT2D eigenvalue weighted by Gasteiger charge is -2.19. The van der Waals surface area contributed by atoms with Gasteiger partial charge in [-0.05, 0) is 5.92 Å². The van der Waals surface area contributed by atoms with Crippen LogP contribution in [0.4, 0.5) is 5.13 Å². The number of hydrogen-bond donors (Lipinski definition) is 2. The predicted octanol–water partition coefficient (Wildman–Crippen LogP) is 1.54. The molecular formula is C8H15N3S. The van der Waals surface area contributed by atoms with Crippen LogP contribution in [-0.2, 0) is 0 Å². The largest absolute Gasteiger partial charge is 0.357 e. The van der Waals surface area contributed by atoms with Crippen molar-refractivity contribution in [2.45, 2.75) is 19.9 Å². The van der Waals surface area contributed by atoms with Crippen LogP contribution in [0.2, 0.25) is 0 Å². The van der Waals surface area contributed by atoms with Gasteiger partial charge in [0.15, 0.2) is 5.13 Å². The molecule has 0 aliphatic rings. The summed E-state index contributed by atoms with van der Waals surface area (Å²) in [6, 6.07) is 0.330. The van der Waals surface area contributed by atoms with Crippen LogP contribution in [0.15, 0.2) is 11.6 Å². The van der Waals surface area contributed by atoms with Crippen LogP contribution in [0.1, 0.15) is 13.8 Å². The third-order valence-corrected chi connectivity index (χ3v) is 2.50. The Morgan fingerprint density at radius 1 is 1.67 bits per heavy atom. The summed E-state index contributed by atoms with van der Waals surface area (Å²) in [5, 5.41) is 6.20. The smallest absolute Gasteiger partial charge is 0.182 e. The number of nitrogens with one attached hydrogen (secondary N) is 1. The third kappa shape index (κ3) is 2.46. The van der Waals surface area contributed by atoms with Crippen LogP contribution in [0.25, 0.3) is 0 Å². The number of rotatable bonds is 4. The van der Waals surface area contributed by atoms with Gasteiger partial charge in [-0.2, -0.15) is 0 Å². The van der Waals surface area contributed by atoms with Gasteiger partial charge >= 0.3 is 0 Å². The normalized spacial score (nSPS) is 13.3. The van der Waals surface area contributed by atoms with E-state index in [-0.39, 0.29) is 0 Å². The highest BCUT2D eigenvalue weighted by atomic mass is 32.1. The van der Waals surface area contributed by atoms with Crippen LogP contribution in [0, 0.1) is 5.92 Å². The van der Waals surface area contributed by atoms with Crippen LogP contribution in [-0.4, -0.2) is 17.6 Å². The van der Waals surface area contributed by atoms with Crippen molar-refractivity contribution >= 4 is 16.5 Å². The van der Waals surface area contributed by atoms with E-state index in [0.717, 1.165) is 5.13 Å². The number of nitrogens with zero attached hydrogens (tertiary/aromatic N) is 1. The quantitative estimate of drug-likeness (QED) is 0.748. The van der Waals surface area contributed by atoms with Crippen molar-refractivity contribution in [1.29, 1.82) is 0 Å². The summed E-state index contributed by atoms with van der Waals surface area (Å²) in [7, 11) is 0. The molecule has 1 atom stereocenters. The van der Waals surface area contributed by atoms with Gasteiger partial charge in [0.1, 0.15) is 0 Å². The first-order valence-corrected chi connectivity index (χ1v) is 4.98. The molecule has 0 aliphatic heterocycles. The van der Waals surface area contributed by atoms with Crippen molar-refractivity contribution in [3.8, 4) is 0 Å². The molecule has 1 rings (SSSR count). The average molecular weight is 185 g/mol. The molecule has 0 amide bonds. The molecule has 0 spiro atoms. The second kappa shape index (κ2) is 4.42. The molecule has 1 aromatic heterocycles. The zero-order valence-corrected chi connectivity index (χ0v) is 8.27. The Labute approximate surface area is 77.0 Å². The van der Waals surface area contributed by atoms with Gasteiger partial charge in [0.05, 0.1) is 0 Å². The zero-order chi connectivity index (χ0) is 8.97. The predicted molar refractivity (Wildman–Crippen MR) is 53.4 cm³/mol.